The molecule has 1 aromatic carbocycles. The average molecular weight is 349 g/mol. The van der Waals surface area contributed by atoms with Crippen molar-refractivity contribution < 1.29 is 19.2 Å². The zero-order valence-corrected chi connectivity index (χ0v) is 14.3. The number of hydrogen-bond acceptors (Lipinski definition) is 6. The standard InChI is InChI=1S/C17H23N3O5/c1-12-13(5-4-7-14(12)20(22)23)18-16(21)11-19-8-3-2-6-15(19)17-24-9-10-25-17/h4-5,7,15,17H,2-3,6,8-11H2,1H3,(H,18,21). The molecule has 0 radical (unpaired) electrons. The summed E-state index contributed by atoms with van der Waals surface area (Å²) < 4.78 is 11.2. The number of nitro groups is 1. The number of nitro benzene ring substituents is 1. The van der Waals surface area contributed by atoms with E-state index >= 15 is 0 Å². The van der Waals surface area contributed by atoms with Crippen molar-refractivity contribution in [1.82, 2.24) is 4.90 Å². The van der Waals surface area contributed by atoms with Gasteiger partial charge in [-0.25, -0.2) is 0 Å². The van der Waals surface area contributed by atoms with Gasteiger partial charge in [-0.1, -0.05) is 12.5 Å². The highest BCUT2D eigenvalue weighted by atomic mass is 16.7. The number of carbonyl (C=O) groups excluding carboxylic acids is 1. The Balaban J connectivity index is 1.65. The number of rotatable bonds is 5. The van der Waals surface area contributed by atoms with Crippen molar-refractivity contribution >= 4 is 17.3 Å². The van der Waals surface area contributed by atoms with Gasteiger partial charge in [0.15, 0.2) is 6.29 Å². The fourth-order valence-electron chi connectivity index (χ4n) is 3.45. The highest BCUT2D eigenvalue weighted by molar-refractivity contribution is 5.93. The molecule has 0 spiro atoms. The molecule has 1 aromatic rings. The van der Waals surface area contributed by atoms with E-state index < -0.39 is 4.92 Å². The van der Waals surface area contributed by atoms with E-state index in [-0.39, 0.29) is 30.5 Å². The lowest BCUT2D eigenvalue weighted by atomic mass is 10.0. The van der Waals surface area contributed by atoms with Gasteiger partial charge in [-0.3, -0.25) is 19.8 Å². The van der Waals surface area contributed by atoms with Crippen LogP contribution in [0.5, 0.6) is 0 Å². The molecule has 2 fully saturated rings. The maximum Gasteiger partial charge on any atom is 0.274 e. The molecule has 1 N–H and O–H groups in total. The molecule has 1 amide bonds. The van der Waals surface area contributed by atoms with Gasteiger partial charge >= 0.3 is 0 Å². The van der Waals surface area contributed by atoms with Crippen molar-refractivity contribution in [1.29, 1.82) is 0 Å². The largest absolute Gasteiger partial charge is 0.349 e. The summed E-state index contributed by atoms with van der Waals surface area (Å²) in [6, 6.07) is 4.76. The molecule has 1 atom stereocenters. The van der Waals surface area contributed by atoms with Crippen molar-refractivity contribution in [2.24, 2.45) is 0 Å². The first-order valence-electron chi connectivity index (χ1n) is 8.57. The number of amides is 1. The molecule has 2 aliphatic heterocycles. The minimum absolute atomic E-state index is 0.00130. The Morgan fingerprint density at radius 2 is 2.12 bits per heavy atom. The molecule has 1 unspecified atom stereocenters. The van der Waals surface area contributed by atoms with Crippen LogP contribution in [0, 0.1) is 17.0 Å². The molecule has 136 valence electrons. The molecule has 0 aromatic heterocycles. The normalized spacial score (nSPS) is 22.0. The number of nitrogens with zero attached hydrogens (tertiary/aromatic N) is 2. The molecule has 25 heavy (non-hydrogen) atoms. The number of likely N-dealkylation sites (tertiary alicyclic amines) is 1. The average Bonchev–Trinajstić information content (AvgIpc) is 3.11. The Bertz CT molecular complexity index is 645. The smallest absolute Gasteiger partial charge is 0.274 e. The second-order valence-corrected chi connectivity index (χ2v) is 6.40. The summed E-state index contributed by atoms with van der Waals surface area (Å²) in [4.78, 5) is 25.1. The molecular formula is C17H23N3O5. The van der Waals surface area contributed by atoms with E-state index in [2.05, 4.69) is 10.2 Å². The lowest BCUT2D eigenvalue weighted by Crippen LogP contribution is -2.50. The van der Waals surface area contributed by atoms with Crippen LogP contribution in [0.15, 0.2) is 18.2 Å². The molecule has 2 heterocycles. The fraction of sp³-hybridized carbons (Fsp3) is 0.588. The monoisotopic (exact) mass is 349 g/mol. The Kier molecular flexibility index (Phi) is 5.62. The second-order valence-electron chi connectivity index (χ2n) is 6.40. The van der Waals surface area contributed by atoms with Crippen molar-refractivity contribution in [3.63, 3.8) is 0 Å². The highest BCUT2D eigenvalue weighted by Gasteiger charge is 2.34. The third kappa shape index (κ3) is 4.15. The van der Waals surface area contributed by atoms with Gasteiger partial charge in [-0.2, -0.15) is 0 Å². The summed E-state index contributed by atoms with van der Waals surface area (Å²) in [7, 11) is 0. The van der Waals surface area contributed by atoms with Crippen molar-refractivity contribution in [2.45, 2.75) is 38.5 Å². The van der Waals surface area contributed by atoms with E-state index in [9.17, 15) is 14.9 Å². The quantitative estimate of drug-likeness (QED) is 0.646. The Morgan fingerprint density at radius 3 is 2.84 bits per heavy atom. The summed E-state index contributed by atoms with van der Waals surface area (Å²) in [5.41, 5.74) is 0.932. The fourth-order valence-corrected chi connectivity index (χ4v) is 3.45. The first-order chi connectivity index (χ1) is 12.1. The molecule has 8 heteroatoms. The number of nitrogens with one attached hydrogen (secondary N) is 1. The van der Waals surface area contributed by atoms with Crippen LogP contribution in [-0.2, 0) is 14.3 Å². The van der Waals surface area contributed by atoms with E-state index in [1.165, 1.54) is 6.07 Å². The van der Waals surface area contributed by atoms with Gasteiger partial charge in [0.25, 0.3) is 5.69 Å². The van der Waals surface area contributed by atoms with E-state index in [0.29, 0.717) is 24.5 Å². The third-order valence-electron chi connectivity index (χ3n) is 4.75. The van der Waals surface area contributed by atoms with Crippen molar-refractivity contribution in [3.8, 4) is 0 Å². The summed E-state index contributed by atoms with van der Waals surface area (Å²) in [6.45, 7) is 3.85. The number of hydrogen-bond donors (Lipinski definition) is 1. The SMILES string of the molecule is Cc1c(NC(=O)CN2CCCCC2C2OCCO2)cccc1[N+](=O)[O-]. The summed E-state index contributed by atoms with van der Waals surface area (Å²) in [5.74, 6) is -0.187. The lowest BCUT2D eigenvalue weighted by Gasteiger charge is -2.37. The van der Waals surface area contributed by atoms with Crippen molar-refractivity contribution in [2.75, 3.05) is 31.6 Å². The van der Waals surface area contributed by atoms with Crippen LogP contribution in [0.2, 0.25) is 0 Å². The van der Waals surface area contributed by atoms with Crippen LogP contribution in [-0.4, -0.2) is 54.4 Å². The summed E-state index contributed by atoms with van der Waals surface area (Å²) in [6.07, 6.45) is 2.79. The van der Waals surface area contributed by atoms with Gasteiger partial charge in [-0.05, 0) is 32.4 Å². The topological polar surface area (TPSA) is 93.9 Å². The van der Waals surface area contributed by atoms with Gasteiger partial charge in [0.1, 0.15) is 0 Å². The predicted octanol–water partition coefficient (Wildman–Crippen LogP) is 2.07. The summed E-state index contributed by atoms with van der Waals surface area (Å²) >= 11 is 0. The molecule has 0 aliphatic carbocycles. The molecular weight excluding hydrogens is 326 g/mol. The number of benzene rings is 1. The molecule has 8 nitrogen and oxygen atoms in total. The lowest BCUT2D eigenvalue weighted by molar-refractivity contribution is -0.385. The molecule has 0 saturated carbocycles. The number of carbonyl (C=O) groups is 1. The Labute approximate surface area is 146 Å². The first-order valence-corrected chi connectivity index (χ1v) is 8.57. The Morgan fingerprint density at radius 1 is 1.36 bits per heavy atom. The van der Waals surface area contributed by atoms with Gasteiger partial charge in [0.2, 0.25) is 5.91 Å². The zero-order valence-electron chi connectivity index (χ0n) is 14.3. The predicted molar refractivity (Wildman–Crippen MR) is 91.4 cm³/mol. The van der Waals surface area contributed by atoms with Crippen molar-refractivity contribution in [3.05, 3.63) is 33.9 Å². The maximum atomic E-state index is 12.5. The molecule has 0 bridgehead atoms. The van der Waals surface area contributed by atoms with Crippen LogP contribution < -0.4 is 5.32 Å². The van der Waals surface area contributed by atoms with Gasteiger partial charge in [0.05, 0.1) is 42.0 Å². The van der Waals surface area contributed by atoms with E-state index in [1.54, 1.807) is 19.1 Å². The number of ether oxygens (including phenoxy) is 2. The van der Waals surface area contributed by atoms with E-state index in [0.717, 1.165) is 25.8 Å². The molecule has 3 rings (SSSR count). The van der Waals surface area contributed by atoms with E-state index in [1.807, 2.05) is 0 Å². The first kappa shape index (κ1) is 17.8. The van der Waals surface area contributed by atoms with Gasteiger partial charge in [-0.15, -0.1) is 0 Å². The van der Waals surface area contributed by atoms with Crippen LogP contribution in [0.3, 0.4) is 0 Å². The third-order valence-corrected chi connectivity index (χ3v) is 4.75. The zero-order chi connectivity index (χ0) is 17.8. The van der Waals surface area contributed by atoms with Crippen LogP contribution >= 0.6 is 0 Å². The van der Waals surface area contributed by atoms with E-state index in [4.69, 9.17) is 9.47 Å². The maximum absolute atomic E-state index is 12.5. The second kappa shape index (κ2) is 7.90. The van der Waals surface area contributed by atoms with Crippen LogP contribution in [0.1, 0.15) is 24.8 Å². The summed E-state index contributed by atoms with van der Waals surface area (Å²) in [5, 5.41) is 13.8. The van der Waals surface area contributed by atoms with Gasteiger partial charge < -0.3 is 14.8 Å². The molecule has 2 aliphatic rings. The number of piperidine rings is 1. The number of anilines is 1. The van der Waals surface area contributed by atoms with Crippen LogP contribution in [0.25, 0.3) is 0 Å². The molecule has 2 saturated heterocycles. The highest BCUT2D eigenvalue weighted by Crippen LogP contribution is 2.26. The van der Waals surface area contributed by atoms with Gasteiger partial charge in [0, 0.05) is 6.07 Å². The minimum Gasteiger partial charge on any atom is -0.349 e. The Hall–Kier alpha value is -2.03. The minimum atomic E-state index is -0.444. The van der Waals surface area contributed by atoms with Crippen LogP contribution in [0.4, 0.5) is 11.4 Å².